The highest BCUT2D eigenvalue weighted by Gasteiger charge is 2.29. The van der Waals surface area contributed by atoms with Crippen LogP contribution in [0.5, 0.6) is 0 Å². The molecule has 3 aromatic rings. The monoisotopic (exact) mass is 527 g/mol. The molecule has 4 rings (SSSR count). The van der Waals surface area contributed by atoms with Gasteiger partial charge in [0.2, 0.25) is 0 Å². The molecular formula is C27H28F3N5OS. The van der Waals surface area contributed by atoms with Crippen LogP contribution in [0.4, 0.5) is 18.9 Å². The van der Waals surface area contributed by atoms with Crippen LogP contribution in [0, 0.1) is 17.5 Å². The molecule has 1 heterocycles. The quantitative estimate of drug-likeness (QED) is 0.247. The first-order chi connectivity index (χ1) is 17.9. The van der Waals surface area contributed by atoms with Gasteiger partial charge in [0.05, 0.1) is 31.2 Å². The molecule has 1 saturated heterocycles. The second-order valence-electron chi connectivity index (χ2n) is 8.76. The maximum atomic E-state index is 15.1. The molecule has 0 saturated carbocycles. The molecule has 0 amide bonds. The van der Waals surface area contributed by atoms with Crippen molar-refractivity contribution in [3.05, 3.63) is 101 Å². The summed E-state index contributed by atoms with van der Waals surface area (Å²) in [6, 6.07) is 18.4. The lowest BCUT2D eigenvalue weighted by Gasteiger charge is -2.42. The number of rotatable bonds is 9. The summed E-state index contributed by atoms with van der Waals surface area (Å²) in [5.41, 5.74) is 9.63. The minimum Gasteiger partial charge on any atom is -0.375 e. The molecule has 1 atom stereocenters. The van der Waals surface area contributed by atoms with E-state index in [0.29, 0.717) is 39.4 Å². The van der Waals surface area contributed by atoms with E-state index in [9.17, 15) is 8.78 Å². The topological polar surface area (TPSA) is 66.1 Å². The third-order valence-electron chi connectivity index (χ3n) is 6.09. The van der Waals surface area contributed by atoms with Gasteiger partial charge in [-0.15, -0.1) is 0 Å². The SMILES string of the molecule is NC(=S)N/N=C/c1cc(F)c(N2CCN(Cc3cccc(F)c3)[C@@H](COCc3ccccc3)C2)cc1F. The summed E-state index contributed by atoms with van der Waals surface area (Å²) in [6.07, 6.45) is 1.12. The summed E-state index contributed by atoms with van der Waals surface area (Å²) < 4.78 is 49.6. The lowest BCUT2D eigenvalue weighted by molar-refractivity contribution is 0.0411. The zero-order chi connectivity index (χ0) is 26.2. The number of anilines is 1. The van der Waals surface area contributed by atoms with Crippen LogP contribution in [0.1, 0.15) is 16.7 Å². The first kappa shape index (κ1) is 26.6. The number of ether oxygens (including phenoxy) is 1. The molecule has 6 nitrogen and oxygen atoms in total. The van der Waals surface area contributed by atoms with Crippen molar-refractivity contribution in [3.63, 3.8) is 0 Å². The Morgan fingerprint density at radius 1 is 1.03 bits per heavy atom. The van der Waals surface area contributed by atoms with E-state index in [2.05, 4.69) is 27.6 Å². The van der Waals surface area contributed by atoms with Gasteiger partial charge in [-0.2, -0.15) is 5.10 Å². The lowest BCUT2D eigenvalue weighted by Crippen LogP contribution is -2.54. The van der Waals surface area contributed by atoms with Crippen molar-refractivity contribution >= 4 is 29.2 Å². The van der Waals surface area contributed by atoms with Gasteiger partial charge in [0, 0.05) is 37.8 Å². The van der Waals surface area contributed by atoms with E-state index in [1.807, 2.05) is 41.3 Å². The predicted octanol–water partition coefficient (Wildman–Crippen LogP) is 4.18. The molecule has 0 spiro atoms. The van der Waals surface area contributed by atoms with E-state index in [0.717, 1.165) is 23.4 Å². The van der Waals surface area contributed by atoms with Gasteiger partial charge in [0.15, 0.2) is 5.11 Å². The fraction of sp³-hybridized carbons (Fsp3) is 0.259. The van der Waals surface area contributed by atoms with Crippen molar-refractivity contribution in [1.82, 2.24) is 10.3 Å². The Morgan fingerprint density at radius 3 is 2.57 bits per heavy atom. The second kappa shape index (κ2) is 12.7. The van der Waals surface area contributed by atoms with E-state index >= 15 is 4.39 Å². The third kappa shape index (κ3) is 7.51. The molecule has 1 fully saturated rings. The maximum Gasteiger partial charge on any atom is 0.184 e. The molecule has 0 bridgehead atoms. The number of piperazine rings is 1. The highest BCUT2D eigenvalue weighted by Crippen LogP contribution is 2.26. The average molecular weight is 528 g/mol. The Hall–Kier alpha value is -3.47. The van der Waals surface area contributed by atoms with Crippen LogP contribution in [0.2, 0.25) is 0 Å². The minimum atomic E-state index is -0.621. The van der Waals surface area contributed by atoms with Gasteiger partial charge in [-0.1, -0.05) is 42.5 Å². The minimum absolute atomic E-state index is 0.0301. The lowest BCUT2D eigenvalue weighted by atomic mass is 10.1. The van der Waals surface area contributed by atoms with Gasteiger partial charge >= 0.3 is 0 Å². The highest BCUT2D eigenvalue weighted by atomic mass is 32.1. The number of nitrogens with two attached hydrogens (primary N) is 1. The molecule has 0 aromatic heterocycles. The number of hydrogen-bond donors (Lipinski definition) is 2. The van der Waals surface area contributed by atoms with E-state index in [-0.39, 0.29) is 28.2 Å². The Labute approximate surface area is 219 Å². The van der Waals surface area contributed by atoms with Crippen LogP contribution in [0.15, 0.2) is 71.8 Å². The summed E-state index contributed by atoms with van der Waals surface area (Å²) >= 11 is 4.65. The molecule has 0 aliphatic carbocycles. The van der Waals surface area contributed by atoms with Crippen molar-refractivity contribution in [3.8, 4) is 0 Å². The van der Waals surface area contributed by atoms with Crippen molar-refractivity contribution in [2.45, 2.75) is 19.2 Å². The fourth-order valence-corrected chi connectivity index (χ4v) is 4.35. The Bertz CT molecular complexity index is 1240. The molecular weight excluding hydrogens is 499 g/mol. The molecule has 194 valence electrons. The van der Waals surface area contributed by atoms with Gasteiger partial charge < -0.3 is 15.4 Å². The van der Waals surface area contributed by atoms with Gasteiger partial charge in [-0.3, -0.25) is 10.3 Å². The summed E-state index contributed by atoms with van der Waals surface area (Å²) in [5, 5.41) is 3.62. The largest absolute Gasteiger partial charge is 0.375 e. The second-order valence-corrected chi connectivity index (χ2v) is 9.20. The summed E-state index contributed by atoms with van der Waals surface area (Å²) in [7, 11) is 0. The number of thiocarbonyl (C=S) groups is 1. The Balaban J connectivity index is 1.49. The molecule has 3 aromatic carbocycles. The number of halogens is 3. The fourth-order valence-electron chi connectivity index (χ4n) is 4.29. The normalized spacial score (nSPS) is 16.3. The summed E-state index contributed by atoms with van der Waals surface area (Å²) in [6.45, 7) is 2.78. The highest BCUT2D eigenvalue weighted by molar-refractivity contribution is 7.80. The van der Waals surface area contributed by atoms with Crippen molar-refractivity contribution in [2.75, 3.05) is 31.1 Å². The maximum absolute atomic E-state index is 15.1. The average Bonchev–Trinajstić information content (AvgIpc) is 2.87. The van der Waals surface area contributed by atoms with Crippen molar-refractivity contribution in [2.24, 2.45) is 10.8 Å². The molecule has 0 unspecified atom stereocenters. The van der Waals surface area contributed by atoms with Crippen LogP contribution in [0.3, 0.4) is 0 Å². The standard InChI is InChI=1S/C27H28F3N5OS/c28-22-8-4-7-20(11-22)15-34-9-10-35(16-23(34)18-36-17-19-5-2-1-3-6-19)26-13-24(29)21(12-25(26)30)14-32-33-27(31)37/h1-8,11-14,23H,9-10,15-18H2,(H3,31,33,37)/b32-14+/t23-/m1/s1. The van der Waals surface area contributed by atoms with Crippen molar-refractivity contribution < 1.29 is 17.9 Å². The van der Waals surface area contributed by atoms with E-state index in [1.54, 1.807) is 6.07 Å². The first-order valence-corrected chi connectivity index (χ1v) is 12.2. The van der Waals surface area contributed by atoms with Crippen LogP contribution < -0.4 is 16.1 Å². The van der Waals surface area contributed by atoms with Gasteiger partial charge in [0.25, 0.3) is 0 Å². The predicted molar refractivity (Wildman–Crippen MR) is 143 cm³/mol. The summed E-state index contributed by atoms with van der Waals surface area (Å²) in [4.78, 5) is 4.00. The summed E-state index contributed by atoms with van der Waals surface area (Å²) in [5.74, 6) is -1.48. The zero-order valence-electron chi connectivity index (χ0n) is 20.1. The zero-order valence-corrected chi connectivity index (χ0v) is 20.9. The molecule has 37 heavy (non-hydrogen) atoms. The number of benzene rings is 3. The van der Waals surface area contributed by atoms with E-state index < -0.39 is 11.6 Å². The van der Waals surface area contributed by atoms with Crippen LogP contribution in [-0.2, 0) is 17.9 Å². The molecule has 0 radical (unpaired) electrons. The number of hydrazone groups is 1. The van der Waals surface area contributed by atoms with Crippen LogP contribution in [0.25, 0.3) is 0 Å². The number of hydrogen-bond acceptors (Lipinski definition) is 5. The Morgan fingerprint density at radius 2 is 1.81 bits per heavy atom. The smallest absolute Gasteiger partial charge is 0.184 e. The third-order valence-corrected chi connectivity index (χ3v) is 6.18. The van der Waals surface area contributed by atoms with Gasteiger partial charge in [-0.25, -0.2) is 13.2 Å². The van der Waals surface area contributed by atoms with Crippen LogP contribution >= 0.6 is 12.2 Å². The molecule has 1 aliphatic rings. The van der Waals surface area contributed by atoms with Crippen molar-refractivity contribution in [1.29, 1.82) is 0 Å². The number of nitrogens with zero attached hydrogens (tertiary/aromatic N) is 3. The molecule has 1 aliphatic heterocycles. The number of nitrogens with one attached hydrogen (secondary N) is 1. The Kier molecular flexibility index (Phi) is 9.10. The first-order valence-electron chi connectivity index (χ1n) is 11.8. The van der Waals surface area contributed by atoms with Gasteiger partial charge in [0.1, 0.15) is 17.5 Å². The molecule has 3 N–H and O–H groups in total. The van der Waals surface area contributed by atoms with E-state index in [1.165, 1.54) is 18.2 Å². The van der Waals surface area contributed by atoms with E-state index in [4.69, 9.17) is 10.5 Å². The van der Waals surface area contributed by atoms with Gasteiger partial charge in [-0.05, 0) is 41.5 Å². The van der Waals surface area contributed by atoms with Crippen LogP contribution in [-0.4, -0.2) is 48.5 Å². The molecule has 10 heteroatoms.